The Morgan fingerprint density at radius 1 is 1.31 bits per heavy atom. The smallest absolute Gasteiger partial charge is 0.0476 e. The van der Waals surface area contributed by atoms with Gasteiger partial charge in [0.2, 0.25) is 0 Å². The number of ether oxygens (including phenoxy) is 1. The molecule has 1 N–H and O–H groups in total. The van der Waals surface area contributed by atoms with Crippen LogP contribution in [0, 0.1) is 6.92 Å². The lowest BCUT2D eigenvalue weighted by Gasteiger charge is -2.20. The minimum Gasteiger partial charge on any atom is -0.385 e. The average molecular weight is 221 g/mol. The summed E-state index contributed by atoms with van der Waals surface area (Å²) in [6, 6.07) is 9.53. The molecule has 0 saturated carbocycles. The summed E-state index contributed by atoms with van der Waals surface area (Å²) in [5, 5.41) is 3.58. The molecular formula is C14H23NO. The van der Waals surface area contributed by atoms with E-state index in [0.717, 1.165) is 13.0 Å². The van der Waals surface area contributed by atoms with E-state index in [1.165, 1.54) is 11.1 Å². The predicted molar refractivity (Wildman–Crippen MR) is 68.7 cm³/mol. The highest BCUT2D eigenvalue weighted by Crippen LogP contribution is 2.14. The van der Waals surface area contributed by atoms with Crippen molar-refractivity contribution in [3.8, 4) is 0 Å². The number of benzene rings is 1. The molecule has 0 spiro atoms. The van der Waals surface area contributed by atoms with Crippen molar-refractivity contribution < 1.29 is 4.74 Å². The van der Waals surface area contributed by atoms with Gasteiger partial charge in [0.15, 0.2) is 0 Å². The van der Waals surface area contributed by atoms with Gasteiger partial charge in [0.05, 0.1) is 0 Å². The zero-order valence-corrected chi connectivity index (χ0v) is 10.8. The molecule has 1 aromatic rings. The van der Waals surface area contributed by atoms with Gasteiger partial charge in [-0.05, 0) is 32.8 Å². The van der Waals surface area contributed by atoms with Gasteiger partial charge in [-0.15, -0.1) is 0 Å². The molecule has 0 aliphatic carbocycles. The molecule has 0 saturated heterocycles. The average Bonchev–Trinajstić information content (AvgIpc) is 2.26. The van der Waals surface area contributed by atoms with Crippen LogP contribution >= 0.6 is 0 Å². The molecule has 0 radical (unpaired) electrons. The van der Waals surface area contributed by atoms with E-state index in [1.807, 2.05) is 0 Å². The number of hydrogen-bond acceptors (Lipinski definition) is 2. The van der Waals surface area contributed by atoms with E-state index in [1.54, 1.807) is 7.11 Å². The zero-order valence-electron chi connectivity index (χ0n) is 10.8. The Morgan fingerprint density at radius 2 is 2.06 bits per heavy atom. The molecule has 0 heterocycles. The highest BCUT2D eigenvalue weighted by atomic mass is 16.5. The first-order valence-corrected chi connectivity index (χ1v) is 5.95. The summed E-state index contributed by atoms with van der Waals surface area (Å²) >= 11 is 0. The highest BCUT2D eigenvalue weighted by molar-refractivity contribution is 5.24. The lowest BCUT2D eigenvalue weighted by molar-refractivity contribution is 0.183. The number of nitrogens with one attached hydrogen (secondary N) is 1. The molecule has 90 valence electrons. The van der Waals surface area contributed by atoms with Gasteiger partial charge in [-0.2, -0.15) is 0 Å². The van der Waals surface area contributed by atoms with Gasteiger partial charge in [0.1, 0.15) is 0 Å². The molecule has 1 aromatic carbocycles. The van der Waals surface area contributed by atoms with Crippen molar-refractivity contribution in [1.82, 2.24) is 5.32 Å². The van der Waals surface area contributed by atoms with E-state index in [2.05, 4.69) is 50.4 Å². The molecule has 2 nitrogen and oxygen atoms in total. The minimum absolute atomic E-state index is 0.395. The normalized spacial score (nSPS) is 14.8. The van der Waals surface area contributed by atoms with Crippen molar-refractivity contribution in [3.63, 3.8) is 0 Å². The van der Waals surface area contributed by atoms with Crippen LogP contribution in [0.1, 0.15) is 37.4 Å². The van der Waals surface area contributed by atoms with E-state index < -0.39 is 0 Å². The van der Waals surface area contributed by atoms with Crippen LogP contribution in [0.25, 0.3) is 0 Å². The van der Waals surface area contributed by atoms with Gasteiger partial charge < -0.3 is 10.1 Å². The Bertz CT molecular complexity index is 311. The second-order valence-corrected chi connectivity index (χ2v) is 4.49. The first-order chi connectivity index (χ1) is 7.63. The molecule has 0 aromatic heterocycles. The van der Waals surface area contributed by atoms with E-state index in [9.17, 15) is 0 Å². The van der Waals surface area contributed by atoms with Gasteiger partial charge in [-0.3, -0.25) is 0 Å². The maximum atomic E-state index is 5.08. The van der Waals surface area contributed by atoms with Crippen molar-refractivity contribution >= 4 is 0 Å². The van der Waals surface area contributed by atoms with Crippen LogP contribution in [0.5, 0.6) is 0 Å². The molecule has 1 unspecified atom stereocenters. The third-order valence-electron chi connectivity index (χ3n) is 2.83. The summed E-state index contributed by atoms with van der Waals surface area (Å²) in [7, 11) is 1.75. The maximum absolute atomic E-state index is 5.08. The summed E-state index contributed by atoms with van der Waals surface area (Å²) in [6.45, 7) is 7.35. The van der Waals surface area contributed by atoms with Gasteiger partial charge in [0.25, 0.3) is 0 Å². The molecule has 2 atom stereocenters. The molecule has 0 aliphatic heterocycles. The Morgan fingerprint density at radius 3 is 2.69 bits per heavy atom. The van der Waals surface area contributed by atoms with Crippen molar-refractivity contribution in [2.45, 2.75) is 39.3 Å². The zero-order chi connectivity index (χ0) is 12.0. The third-order valence-corrected chi connectivity index (χ3v) is 2.83. The molecule has 0 amide bonds. The van der Waals surface area contributed by atoms with Crippen LogP contribution in [0.4, 0.5) is 0 Å². The predicted octanol–water partition coefficient (Wildman–Crippen LogP) is 3.07. The van der Waals surface area contributed by atoms with Crippen LogP contribution in [-0.4, -0.2) is 19.8 Å². The summed E-state index contributed by atoms with van der Waals surface area (Å²) in [5.74, 6) is 0. The standard InChI is InChI=1S/C14H23NO/c1-11-6-5-7-14(10-11)13(3)15-12(2)8-9-16-4/h5-7,10,12-13,15H,8-9H2,1-4H3/t12?,13-/m1/s1. The summed E-state index contributed by atoms with van der Waals surface area (Å²) in [4.78, 5) is 0. The summed E-state index contributed by atoms with van der Waals surface area (Å²) in [6.07, 6.45) is 1.05. The summed E-state index contributed by atoms with van der Waals surface area (Å²) < 4.78 is 5.08. The number of hydrogen-bond donors (Lipinski definition) is 1. The van der Waals surface area contributed by atoms with Gasteiger partial charge in [-0.25, -0.2) is 0 Å². The van der Waals surface area contributed by atoms with E-state index in [-0.39, 0.29) is 0 Å². The van der Waals surface area contributed by atoms with Crippen LogP contribution in [-0.2, 0) is 4.74 Å². The monoisotopic (exact) mass is 221 g/mol. The number of aryl methyl sites for hydroxylation is 1. The fourth-order valence-corrected chi connectivity index (χ4v) is 1.84. The van der Waals surface area contributed by atoms with Crippen molar-refractivity contribution in [3.05, 3.63) is 35.4 Å². The lowest BCUT2D eigenvalue weighted by atomic mass is 10.0. The Labute approximate surface area is 99.0 Å². The Kier molecular flexibility index (Phi) is 5.50. The van der Waals surface area contributed by atoms with E-state index in [0.29, 0.717) is 12.1 Å². The molecule has 0 fully saturated rings. The number of methoxy groups -OCH3 is 1. The largest absolute Gasteiger partial charge is 0.385 e. The Balaban J connectivity index is 2.48. The van der Waals surface area contributed by atoms with Crippen LogP contribution in [0.3, 0.4) is 0 Å². The topological polar surface area (TPSA) is 21.3 Å². The first-order valence-electron chi connectivity index (χ1n) is 5.95. The van der Waals surface area contributed by atoms with E-state index in [4.69, 9.17) is 4.74 Å². The van der Waals surface area contributed by atoms with Crippen molar-refractivity contribution in [2.75, 3.05) is 13.7 Å². The summed E-state index contributed by atoms with van der Waals surface area (Å²) in [5.41, 5.74) is 2.67. The van der Waals surface area contributed by atoms with Crippen LogP contribution < -0.4 is 5.32 Å². The first kappa shape index (κ1) is 13.2. The van der Waals surface area contributed by atoms with Crippen LogP contribution in [0.15, 0.2) is 24.3 Å². The third kappa shape index (κ3) is 4.33. The molecule has 16 heavy (non-hydrogen) atoms. The fraction of sp³-hybridized carbons (Fsp3) is 0.571. The lowest BCUT2D eigenvalue weighted by Crippen LogP contribution is -2.29. The van der Waals surface area contributed by atoms with Crippen molar-refractivity contribution in [2.24, 2.45) is 0 Å². The molecule has 0 aliphatic rings. The van der Waals surface area contributed by atoms with E-state index >= 15 is 0 Å². The van der Waals surface area contributed by atoms with Crippen molar-refractivity contribution in [1.29, 1.82) is 0 Å². The second-order valence-electron chi connectivity index (χ2n) is 4.49. The van der Waals surface area contributed by atoms with Crippen LogP contribution in [0.2, 0.25) is 0 Å². The molecule has 2 heteroatoms. The number of rotatable bonds is 6. The second kappa shape index (κ2) is 6.66. The quantitative estimate of drug-likeness (QED) is 0.797. The molecular weight excluding hydrogens is 198 g/mol. The fourth-order valence-electron chi connectivity index (χ4n) is 1.84. The SMILES string of the molecule is COCCC(C)N[C@H](C)c1cccc(C)c1. The maximum Gasteiger partial charge on any atom is 0.0476 e. The van der Waals surface area contributed by atoms with Gasteiger partial charge in [-0.1, -0.05) is 29.8 Å². The van der Waals surface area contributed by atoms with Gasteiger partial charge >= 0.3 is 0 Å². The molecule has 0 bridgehead atoms. The highest BCUT2D eigenvalue weighted by Gasteiger charge is 2.08. The Hall–Kier alpha value is -0.860. The van der Waals surface area contributed by atoms with Gasteiger partial charge in [0, 0.05) is 25.8 Å². The minimum atomic E-state index is 0.395. The molecule has 1 rings (SSSR count).